The normalized spacial score (nSPS) is 22.3. The lowest BCUT2D eigenvalue weighted by molar-refractivity contribution is -0.133. The van der Waals surface area contributed by atoms with Gasteiger partial charge in [-0.25, -0.2) is 9.69 Å². The van der Waals surface area contributed by atoms with Gasteiger partial charge in [0.05, 0.1) is 22.7 Å². The maximum Gasteiger partial charge on any atom is 0.421 e. The average Bonchev–Trinajstić information content (AvgIpc) is 3.16. The quantitative estimate of drug-likeness (QED) is 0.479. The molecule has 4 amide bonds. The molecule has 0 N–H and O–H groups in total. The van der Waals surface area contributed by atoms with Gasteiger partial charge in [0.25, 0.3) is 0 Å². The van der Waals surface area contributed by atoms with Gasteiger partial charge in [-0.15, -0.1) is 0 Å². The Morgan fingerprint density at radius 1 is 1.11 bits per heavy atom. The average molecular weight is 541 g/mol. The predicted molar refractivity (Wildman–Crippen MR) is 136 cm³/mol. The molecule has 2 heterocycles. The second-order valence-electron chi connectivity index (χ2n) is 10.5. The monoisotopic (exact) mass is 540 g/mol. The molecule has 0 radical (unpaired) electrons. The Morgan fingerprint density at radius 3 is 2.40 bits per heavy atom. The third kappa shape index (κ3) is 3.97. The van der Waals surface area contributed by atoms with Crippen LogP contribution in [0.25, 0.3) is 0 Å². The number of benzene rings is 2. The summed E-state index contributed by atoms with van der Waals surface area (Å²) in [7, 11) is 0. The van der Waals surface area contributed by atoms with Crippen LogP contribution in [0.1, 0.15) is 52.2 Å². The van der Waals surface area contributed by atoms with Gasteiger partial charge in [0, 0.05) is 10.9 Å². The summed E-state index contributed by atoms with van der Waals surface area (Å²) < 4.78 is 6.29. The number of anilines is 2. The summed E-state index contributed by atoms with van der Waals surface area (Å²) in [5, 5.41) is 0. The van der Waals surface area contributed by atoms with Crippen molar-refractivity contribution in [3.05, 3.63) is 58.1 Å². The minimum atomic E-state index is -1.40. The Balaban J connectivity index is 1.88. The second kappa shape index (κ2) is 8.59. The molecule has 2 aliphatic heterocycles. The topological polar surface area (TPSA) is 84.0 Å². The molecule has 1 saturated heterocycles. The van der Waals surface area contributed by atoms with E-state index in [1.54, 1.807) is 51.1 Å². The molecule has 0 saturated carbocycles. The van der Waals surface area contributed by atoms with E-state index in [9.17, 15) is 19.2 Å². The third-order valence-corrected chi connectivity index (χ3v) is 7.14. The van der Waals surface area contributed by atoms with Crippen LogP contribution in [0, 0.1) is 18.8 Å². The molecular formula is C27H29BrN2O5. The SMILES string of the molecule is Cc1ccc2c(c1)C(C(C)C)([C@@H]1CC(=O)N(c3cccc(Br)c3)C1=O)C(=O)N2C(=O)OC(C)(C)C. The summed E-state index contributed by atoms with van der Waals surface area (Å²) in [5.41, 5.74) is 0.0755. The number of ether oxygens (including phenoxy) is 1. The van der Waals surface area contributed by atoms with Gasteiger partial charge in [-0.2, -0.15) is 0 Å². The number of fused-ring (bicyclic) bond motifs is 1. The van der Waals surface area contributed by atoms with Crippen LogP contribution in [0.4, 0.5) is 16.2 Å². The van der Waals surface area contributed by atoms with Crippen molar-refractivity contribution in [1.29, 1.82) is 0 Å². The van der Waals surface area contributed by atoms with Crippen LogP contribution in [0.2, 0.25) is 0 Å². The standard InChI is InChI=1S/C27H29BrN2O5/c1-15(2)27(20-14-22(31)29(23(20)32)18-9-7-8-17(28)13-18)19-12-16(3)10-11-21(19)30(24(27)33)25(34)35-26(4,5)6/h7-13,15,20H,14H2,1-6H3/t20-,27?/m1/s1. The van der Waals surface area contributed by atoms with Crippen LogP contribution >= 0.6 is 15.9 Å². The molecule has 184 valence electrons. The van der Waals surface area contributed by atoms with Gasteiger partial charge in [0.2, 0.25) is 17.7 Å². The fourth-order valence-electron chi connectivity index (χ4n) is 5.25. The summed E-state index contributed by atoms with van der Waals surface area (Å²) in [6, 6.07) is 12.3. The minimum absolute atomic E-state index is 0.134. The maximum absolute atomic E-state index is 14.2. The highest BCUT2D eigenvalue weighted by molar-refractivity contribution is 9.10. The Hall–Kier alpha value is -3.00. The van der Waals surface area contributed by atoms with Crippen LogP contribution < -0.4 is 9.80 Å². The Morgan fingerprint density at radius 2 is 1.80 bits per heavy atom. The van der Waals surface area contributed by atoms with E-state index in [-0.39, 0.29) is 18.2 Å². The third-order valence-electron chi connectivity index (χ3n) is 6.65. The van der Waals surface area contributed by atoms with Crippen LogP contribution in [0.5, 0.6) is 0 Å². The number of nitrogens with zero attached hydrogens (tertiary/aromatic N) is 2. The number of imide groups is 2. The van der Waals surface area contributed by atoms with Crippen molar-refractivity contribution >= 4 is 51.1 Å². The smallest absolute Gasteiger partial charge is 0.421 e. The molecule has 4 rings (SSSR count). The molecule has 8 heteroatoms. The largest absolute Gasteiger partial charge is 0.443 e. The lowest BCUT2D eigenvalue weighted by Gasteiger charge is -2.36. The van der Waals surface area contributed by atoms with Crippen LogP contribution in [0.15, 0.2) is 46.9 Å². The number of rotatable bonds is 3. The Kier molecular flexibility index (Phi) is 6.16. The number of hydrogen-bond acceptors (Lipinski definition) is 5. The van der Waals surface area contributed by atoms with Gasteiger partial charge >= 0.3 is 6.09 Å². The summed E-state index contributed by atoms with van der Waals surface area (Å²) in [5.74, 6) is -2.71. The van der Waals surface area contributed by atoms with Crippen LogP contribution in [-0.2, 0) is 24.5 Å². The van der Waals surface area contributed by atoms with Crippen molar-refractivity contribution in [2.75, 3.05) is 9.80 Å². The molecule has 2 atom stereocenters. The summed E-state index contributed by atoms with van der Waals surface area (Å²) >= 11 is 3.39. The van der Waals surface area contributed by atoms with Crippen molar-refractivity contribution in [2.24, 2.45) is 11.8 Å². The maximum atomic E-state index is 14.2. The molecule has 0 aliphatic carbocycles. The first-order valence-corrected chi connectivity index (χ1v) is 12.4. The van der Waals surface area contributed by atoms with Gasteiger partial charge in [-0.3, -0.25) is 19.3 Å². The van der Waals surface area contributed by atoms with Gasteiger partial charge in [-0.05, 0) is 63.4 Å². The number of amides is 4. The second-order valence-corrected chi connectivity index (χ2v) is 11.4. The van der Waals surface area contributed by atoms with E-state index in [1.807, 2.05) is 32.9 Å². The number of carbonyl (C=O) groups excluding carboxylic acids is 4. The zero-order valence-electron chi connectivity index (χ0n) is 20.7. The molecule has 0 bridgehead atoms. The van der Waals surface area contributed by atoms with Crippen molar-refractivity contribution < 1.29 is 23.9 Å². The Bertz CT molecular complexity index is 1250. The van der Waals surface area contributed by atoms with Crippen molar-refractivity contribution in [2.45, 2.75) is 59.0 Å². The summed E-state index contributed by atoms with van der Waals surface area (Å²) in [6.45, 7) is 10.8. The fraction of sp³-hybridized carbons (Fsp3) is 0.407. The van der Waals surface area contributed by atoms with Crippen molar-refractivity contribution in [3.8, 4) is 0 Å². The van der Waals surface area contributed by atoms with Crippen molar-refractivity contribution in [1.82, 2.24) is 0 Å². The summed E-state index contributed by atoms with van der Waals surface area (Å²) in [6.07, 6.45) is -0.930. The van der Waals surface area contributed by atoms with Gasteiger partial charge < -0.3 is 4.74 Å². The molecule has 2 aromatic carbocycles. The molecule has 0 spiro atoms. The summed E-state index contributed by atoms with van der Waals surface area (Å²) in [4.78, 5) is 56.7. The number of halogens is 1. The highest BCUT2D eigenvalue weighted by Gasteiger charge is 2.64. The molecule has 2 aliphatic rings. The first-order valence-electron chi connectivity index (χ1n) is 11.6. The molecule has 2 aromatic rings. The number of aryl methyl sites for hydroxylation is 1. The van der Waals surface area contributed by atoms with Gasteiger partial charge in [0.1, 0.15) is 5.60 Å². The van der Waals surface area contributed by atoms with E-state index < -0.39 is 34.8 Å². The molecule has 1 unspecified atom stereocenters. The van der Waals surface area contributed by atoms with E-state index in [2.05, 4.69) is 15.9 Å². The van der Waals surface area contributed by atoms with Crippen molar-refractivity contribution in [3.63, 3.8) is 0 Å². The molecule has 7 nitrogen and oxygen atoms in total. The Labute approximate surface area is 213 Å². The number of carbonyl (C=O) groups is 4. The van der Waals surface area contributed by atoms with Crippen LogP contribution in [-0.4, -0.2) is 29.4 Å². The highest BCUT2D eigenvalue weighted by atomic mass is 79.9. The lowest BCUT2D eigenvalue weighted by Crippen LogP contribution is -2.53. The van der Waals surface area contributed by atoms with Gasteiger partial charge in [0.15, 0.2) is 0 Å². The first-order chi connectivity index (χ1) is 16.3. The van der Waals surface area contributed by atoms with Gasteiger partial charge in [-0.1, -0.05) is 53.5 Å². The van der Waals surface area contributed by atoms with E-state index >= 15 is 0 Å². The predicted octanol–water partition coefficient (Wildman–Crippen LogP) is 5.51. The highest BCUT2D eigenvalue weighted by Crippen LogP contribution is 2.54. The zero-order valence-corrected chi connectivity index (χ0v) is 22.3. The van der Waals surface area contributed by atoms with E-state index in [4.69, 9.17) is 4.74 Å². The molecule has 0 aromatic heterocycles. The lowest BCUT2D eigenvalue weighted by atomic mass is 9.63. The number of hydrogen-bond donors (Lipinski definition) is 0. The molecule has 35 heavy (non-hydrogen) atoms. The van der Waals surface area contributed by atoms with E-state index in [0.29, 0.717) is 16.9 Å². The fourth-order valence-corrected chi connectivity index (χ4v) is 5.63. The molecule has 1 fully saturated rings. The molecular weight excluding hydrogens is 512 g/mol. The van der Waals surface area contributed by atoms with E-state index in [0.717, 1.165) is 19.8 Å². The van der Waals surface area contributed by atoms with E-state index in [1.165, 1.54) is 0 Å². The minimum Gasteiger partial charge on any atom is -0.443 e. The first kappa shape index (κ1) is 25.1. The zero-order chi connectivity index (χ0) is 25.9. The van der Waals surface area contributed by atoms with Crippen LogP contribution in [0.3, 0.4) is 0 Å².